The van der Waals surface area contributed by atoms with E-state index in [9.17, 15) is 9.59 Å². The lowest BCUT2D eigenvalue weighted by Crippen LogP contribution is -2.53. The molecule has 0 bridgehead atoms. The van der Waals surface area contributed by atoms with Crippen LogP contribution in [0.4, 0.5) is 4.79 Å². The van der Waals surface area contributed by atoms with Crippen molar-refractivity contribution in [3.05, 3.63) is 42.1 Å². The van der Waals surface area contributed by atoms with E-state index in [2.05, 4.69) is 10.5 Å². The fourth-order valence-electron chi connectivity index (χ4n) is 3.93. The molecule has 1 aromatic carbocycles. The van der Waals surface area contributed by atoms with Crippen molar-refractivity contribution in [3.8, 4) is 11.3 Å². The van der Waals surface area contributed by atoms with E-state index >= 15 is 0 Å². The zero-order chi connectivity index (χ0) is 17.4. The average molecular weight is 339 g/mol. The minimum atomic E-state index is -0.735. The second kappa shape index (κ2) is 6.02. The number of carbonyl (C=O) groups is 2. The van der Waals surface area contributed by atoms with E-state index < -0.39 is 5.54 Å². The number of nitrogens with zero attached hydrogens (tertiary/aromatic N) is 2. The molecular formula is C19H21N3O3. The number of amides is 3. The van der Waals surface area contributed by atoms with Crippen LogP contribution in [0.15, 0.2) is 40.9 Å². The van der Waals surface area contributed by atoms with Gasteiger partial charge in [-0.2, -0.15) is 0 Å². The van der Waals surface area contributed by atoms with Gasteiger partial charge in [-0.1, -0.05) is 55.3 Å². The third-order valence-corrected chi connectivity index (χ3v) is 5.44. The van der Waals surface area contributed by atoms with Crippen LogP contribution in [0.5, 0.6) is 0 Å². The van der Waals surface area contributed by atoms with Crippen molar-refractivity contribution in [1.29, 1.82) is 0 Å². The minimum Gasteiger partial charge on any atom is -0.356 e. The molecule has 130 valence electrons. The van der Waals surface area contributed by atoms with Gasteiger partial charge < -0.3 is 9.84 Å². The molecule has 1 saturated carbocycles. The Hall–Kier alpha value is -2.63. The maximum Gasteiger partial charge on any atom is 0.325 e. The van der Waals surface area contributed by atoms with E-state index in [4.69, 9.17) is 4.52 Å². The first-order valence-corrected chi connectivity index (χ1v) is 8.75. The lowest BCUT2D eigenvalue weighted by Gasteiger charge is -2.36. The summed E-state index contributed by atoms with van der Waals surface area (Å²) in [5, 5.41) is 6.99. The lowest BCUT2D eigenvalue weighted by molar-refractivity contribution is -0.134. The molecule has 1 aliphatic heterocycles. The molecule has 2 heterocycles. The van der Waals surface area contributed by atoms with Crippen molar-refractivity contribution in [1.82, 2.24) is 15.4 Å². The van der Waals surface area contributed by atoms with Crippen molar-refractivity contribution in [2.75, 3.05) is 0 Å². The van der Waals surface area contributed by atoms with Gasteiger partial charge in [-0.15, -0.1) is 0 Å². The molecule has 6 heteroatoms. The van der Waals surface area contributed by atoms with E-state index in [0.717, 1.165) is 24.8 Å². The van der Waals surface area contributed by atoms with Crippen LogP contribution in [0.25, 0.3) is 11.3 Å². The Morgan fingerprint density at radius 3 is 2.84 bits per heavy atom. The van der Waals surface area contributed by atoms with Crippen LogP contribution >= 0.6 is 0 Å². The van der Waals surface area contributed by atoms with E-state index in [-0.39, 0.29) is 24.4 Å². The molecular weight excluding hydrogens is 318 g/mol. The highest BCUT2D eigenvalue weighted by atomic mass is 16.5. The maximum absolute atomic E-state index is 13.0. The first-order valence-electron chi connectivity index (χ1n) is 8.75. The highest BCUT2D eigenvalue weighted by molar-refractivity contribution is 6.07. The van der Waals surface area contributed by atoms with Gasteiger partial charge >= 0.3 is 6.03 Å². The van der Waals surface area contributed by atoms with Crippen molar-refractivity contribution in [3.63, 3.8) is 0 Å². The number of imide groups is 1. The predicted molar refractivity (Wildman–Crippen MR) is 91.4 cm³/mol. The molecule has 2 aliphatic rings. The fraction of sp³-hybridized carbons (Fsp3) is 0.421. The van der Waals surface area contributed by atoms with Gasteiger partial charge in [0.05, 0.1) is 6.54 Å². The van der Waals surface area contributed by atoms with Crippen LogP contribution < -0.4 is 5.32 Å². The molecule has 1 aliphatic carbocycles. The predicted octanol–water partition coefficient (Wildman–Crippen LogP) is 3.34. The summed E-state index contributed by atoms with van der Waals surface area (Å²) in [5.74, 6) is 0.650. The Morgan fingerprint density at radius 1 is 1.28 bits per heavy atom. The van der Waals surface area contributed by atoms with E-state index in [1.807, 2.05) is 37.3 Å². The summed E-state index contributed by atoms with van der Waals surface area (Å²) in [6.45, 7) is 2.18. The SMILES string of the molecule is C[C@@H]1CCCC[C@@]12NC(=O)N(Cc1cc(-c3ccccc3)on1)C2=O. The van der Waals surface area contributed by atoms with Gasteiger partial charge in [0.25, 0.3) is 5.91 Å². The van der Waals surface area contributed by atoms with Crippen LogP contribution in [-0.4, -0.2) is 27.5 Å². The molecule has 1 saturated heterocycles. The summed E-state index contributed by atoms with van der Waals surface area (Å²) in [6, 6.07) is 11.1. The third-order valence-electron chi connectivity index (χ3n) is 5.44. The Kier molecular flexibility index (Phi) is 3.82. The van der Waals surface area contributed by atoms with Crippen molar-refractivity contribution in [2.45, 2.75) is 44.7 Å². The largest absolute Gasteiger partial charge is 0.356 e. The van der Waals surface area contributed by atoms with Gasteiger partial charge in [0, 0.05) is 11.6 Å². The number of carbonyl (C=O) groups excluding carboxylic acids is 2. The number of hydrogen-bond donors (Lipinski definition) is 1. The second-order valence-electron chi connectivity index (χ2n) is 6.99. The molecule has 2 fully saturated rings. The lowest BCUT2D eigenvalue weighted by atomic mass is 9.73. The normalized spacial score (nSPS) is 26.3. The van der Waals surface area contributed by atoms with Crippen LogP contribution in [-0.2, 0) is 11.3 Å². The molecule has 3 amide bonds. The van der Waals surface area contributed by atoms with Gasteiger partial charge in [0.2, 0.25) is 0 Å². The van der Waals surface area contributed by atoms with Crippen molar-refractivity contribution < 1.29 is 14.1 Å². The molecule has 1 aromatic heterocycles. The molecule has 1 N–H and O–H groups in total. The van der Waals surface area contributed by atoms with Gasteiger partial charge in [0.15, 0.2) is 5.76 Å². The topological polar surface area (TPSA) is 75.4 Å². The van der Waals surface area contributed by atoms with E-state index in [1.165, 1.54) is 4.90 Å². The summed E-state index contributed by atoms with van der Waals surface area (Å²) in [5.41, 5.74) is 0.750. The summed E-state index contributed by atoms with van der Waals surface area (Å²) in [4.78, 5) is 26.7. The molecule has 6 nitrogen and oxygen atoms in total. The summed E-state index contributed by atoms with van der Waals surface area (Å²) >= 11 is 0. The highest BCUT2D eigenvalue weighted by Gasteiger charge is 2.54. The smallest absolute Gasteiger partial charge is 0.325 e. The summed E-state index contributed by atoms with van der Waals surface area (Å²) in [6.07, 6.45) is 3.74. The second-order valence-corrected chi connectivity index (χ2v) is 6.99. The number of rotatable bonds is 3. The van der Waals surface area contributed by atoms with E-state index in [1.54, 1.807) is 6.07 Å². The molecule has 2 atom stereocenters. The molecule has 0 radical (unpaired) electrons. The van der Waals surface area contributed by atoms with Crippen molar-refractivity contribution >= 4 is 11.9 Å². The van der Waals surface area contributed by atoms with Gasteiger partial charge in [0.1, 0.15) is 11.2 Å². The van der Waals surface area contributed by atoms with Gasteiger partial charge in [-0.05, 0) is 18.8 Å². The van der Waals surface area contributed by atoms with Crippen LogP contribution in [0.2, 0.25) is 0 Å². The molecule has 0 unspecified atom stereocenters. The molecule has 2 aromatic rings. The van der Waals surface area contributed by atoms with Crippen LogP contribution in [0.1, 0.15) is 38.3 Å². The minimum absolute atomic E-state index is 0.131. The first-order chi connectivity index (χ1) is 12.1. The zero-order valence-electron chi connectivity index (χ0n) is 14.2. The van der Waals surface area contributed by atoms with Crippen LogP contribution in [0.3, 0.4) is 0 Å². The number of aromatic nitrogens is 1. The molecule has 1 spiro atoms. The van der Waals surface area contributed by atoms with Crippen LogP contribution in [0, 0.1) is 5.92 Å². The third kappa shape index (κ3) is 2.62. The molecule has 4 rings (SSSR count). The highest BCUT2D eigenvalue weighted by Crippen LogP contribution is 2.38. The first kappa shape index (κ1) is 15.9. The monoisotopic (exact) mass is 339 g/mol. The molecule has 25 heavy (non-hydrogen) atoms. The quantitative estimate of drug-likeness (QED) is 0.870. The number of urea groups is 1. The fourth-order valence-corrected chi connectivity index (χ4v) is 3.93. The Balaban J connectivity index is 1.54. The maximum atomic E-state index is 13.0. The summed E-state index contributed by atoms with van der Waals surface area (Å²) < 4.78 is 5.37. The standard InChI is InChI=1S/C19H21N3O3/c1-13-7-5-6-10-19(13)17(23)22(18(24)20-19)12-15-11-16(25-21-15)14-8-3-2-4-9-14/h2-4,8-9,11,13H,5-7,10,12H2,1H3,(H,20,24)/t13-,19-/m1/s1. The Bertz CT molecular complexity index is 801. The van der Waals surface area contributed by atoms with E-state index in [0.29, 0.717) is 17.9 Å². The van der Waals surface area contributed by atoms with Crippen molar-refractivity contribution in [2.24, 2.45) is 5.92 Å². The zero-order valence-corrected chi connectivity index (χ0v) is 14.2. The van der Waals surface area contributed by atoms with Gasteiger partial charge in [-0.3, -0.25) is 9.69 Å². The number of benzene rings is 1. The van der Waals surface area contributed by atoms with Gasteiger partial charge in [-0.25, -0.2) is 4.79 Å². The number of hydrogen-bond acceptors (Lipinski definition) is 4. The number of nitrogens with one attached hydrogen (secondary N) is 1. The Morgan fingerprint density at radius 2 is 2.08 bits per heavy atom. The Labute approximate surface area is 146 Å². The summed E-state index contributed by atoms with van der Waals surface area (Å²) in [7, 11) is 0. The average Bonchev–Trinajstić information content (AvgIpc) is 3.18.